The number of aromatic nitrogens is 1. The lowest BCUT2D eigenvalue weighted by molar-refractivity contribution is 0.555. The van der Waals surface area contributed by atoms with Crippen LogP contribution < -0.4 is 5.32 Å². The zero-order valence-corrected chi connectivity index (χ0v) is 8.96. The number of nitrogens with one attached hydrogen (secondary N) is 1. The normalized spacial score (nSPS) is 12.4. The number of nitrogens with zero attached hydrogens (tertiary/aromatic N) is 1. The zero-order chi connectivity index (χ0) is 10.4. The average molecular weight is 190 g/mol. The van der Waals surface area contributed by atoms with Gasteiger partial charge in [-0.1, -0.05) is 13.0 Å². The predicted molar refractivity (Wildman–Crippen MR) is 60.2 cm³/mol. The maximum absolute atomic E-state index is 4.16. The van der Waals surface area contributed by atoms with Gasteiger partial charge in [-0.05, 0) is 37.1 Å². The Bertz CT molecular complexity index is 294. The van der Waals surface area contributed by atoms with Gasteiger partial charge in [-0.15, -0.1) is 6.58 Å². The summed E-state index contributed by atoms with van der Waals surface area (Å²) < 4.78 is 0. The molecule has 0 fully saturated rings. The van der Waals surface area contributed by atoms with Crippen molar-refractivity contribution in [1.82, 2.24) is 10.3 Å². The summed E-state index contributed by atoms with van der Waals surface area (Å²) in [6.07, 6.45) is 6.65. The maximum Gasteiger partial charge on any atom is 0.0372 e. The van der Waals surface area contributed by atoms with Gasteiger partial charge in [0.25, 0.3) is 0 Å². The average Bonchev–Trinajstić information content (AvgIpc) is 2.18. The summed E-state index contributed by atoms with van der Waals surface area (Å²) in [5.41, 5.74) is 2.56. The lowest BCUT2D eigenvalue weighted by Crippen LogP contribution is -2.21. The van der Waals surface area contributed by atoms with Crippen LogP contribution in [0, 0.1) is 6.92 Å². The highest BCUT2D eigenvalue weighted by atomic mass is 14.9. The van der Waals surface area contributed by atoms with Crippen LogP contribution in [-0.4, -0.2) is 11.5 Å². The van der Waals surface area contributed by atoms with Crippen molar-refractivity contribution in [2.45, 2.75) is 26.3 Å². The fourth-order valence-electron chi connectivity index (χ4n) is 1.57. The van der Waals surface area contributed by atoms with Gasteiger partial charge in [0.05, 0.1) is 0 Å². The molecule has 14 heavy (non-hydrogen) atoms. The Balaban J connectivity index is 2.86. The van der Waals surface area contributed by atoms with E-state index in [-0.39, 0.29) is 0 Å². The van der Waals surface area contributed by atoms with Crippen LogP contribution in [0.4, 0.5) is 0 Å². The fourth-order valence-corrected chi connectivity index (χ4v) is 1.57. The molecule has 1 aromatic rings. The lowest BCUT2D eigenvalue weighted by atomic mass is 10.0. The summed E-state index contributed by atoms with van der Waals surface area (Å²) >= 11 is 0. The molecule has 0 saturated heterocycles. The molecule has 0 aliphatic rings. The molecule has 1 heterocycles. The Labute approximate surface area is 86.1 Å². The number of aryl methyl sites for hydroxylation is 1. The van der Waals surface area contributed by atoms with Crippen molar-refractivity contribution in [1.29, 1.82) is 0 Å². The minimum Gasteiger partial charge on any atom is -0.310 e. The van der Waals surface area contributed by atoms with E-state index in [1.165, 1.54) is 11.1 Å². The Morgan fingerprint density at radius 3 is 3.00 bits per heavy atom. The molecule has 1 unspecified atom stereocenters. The van der Waals surface area contributed by atoms with Crippen molar-refractivity contribution in [2.24, 2.45) is 0 Å². The highest BCUT2D eigenvalue weighted by molar-refractivity contribution is 5.25. The van der Waals surface area contributed by atoms with E-state index in [9.17, 15) is 0 Å². The first-order chi connectivity index (χ1) is 6.79. The molecule has 0 aromatic carbocycles. The first-order valence-electron chi connectivity index (χ1n) is 5.04. The molecule has 0 radical (unpaired) electrons. The van der Waals surface area contributed by atoms with Crippen LogP contribution in [0.3, 0.4) is 0 Å². The number of hydrogen-bond acceptors (Lipinski definition) is 2. The Kier molecular flexibility index (Phi) is 4.33. The molecule has 0 aliphatic heterocycles. The van der Waals surface area contributed by atoms with Crippen molar-refractivity contribution < 1.29 is 0 Å². The molecule has 1 rings (SSSR count). The second kappa shape index (κ2) is 5.55. The van der Waals surface area contributed by atoms with Crippen LogP contribution in [0.2, 0.25) is 0 Å². The largest absolute Gasteiger partial charge is 0.310 e. The smallest absolute Gasteiger partial charge is 0.0372 e. The molecule has 1 N–H and O–H groups in total. The van der Waals surface area contributed by atoms with Crippen molar-refractivity contribution in [3.05, 3.63) is 42.2 Å². The second-order valence-electron chi connectivity index (χ2n) is 3.37. The van der Waals surface area contributed by atoms with Gasteiger partial charge in [-0.3, -0.25) is 4.98 Å². The second-order valence-corrected chi connectivity index (χ2v) is 3.37. The van der Waals surface area contributed by atoms with E-state index in [4.69, 9.17) is 0 Å². The summed E-state index contributed by atoms with van der Waals surface area (Å²) in [6.45, 7) is 8.97. The van der Waals surface area contributed by atoms with Crippen LogP contribution >= 0.6 is 0 Å². The van der Waals surface area contributed by atoms with Crippen LogP contribution in [-0.2, 0) is 0 Å². The Morgan fingerprint density at radius 1 is 1.64 bits per heavy atom. The molecule has 2 heteroatoms. The highest BCUT2D eigenvalue weighted by Crippen LogP contribution is 2.19. The monoisotopic (exact) mass is 190 g/mol. The van der Waals surface area contributed by atoms with Gasteiger partial charge in [0.15, 0.2) is 0 Å². The molecule has 0 spiro atoms. The summed E-state index contributed by atoms with van der Waals surface area (Å²) in [6, 6.07) is 2.40. The van der Waals surface area contributed by atoms with Crippen molar-refractivity contribution in [3.8, 4) is 0 Å². The molecule has 76 valence electrons. The first kappa shape index (κ1) is 10.9. The van der Waals surface area contributed by atoms with Crippen molar-refractivity contribution in [3.63, 3.8) is 0 Å². The number of rotatable bonds is 5. The standard InChI is InChI=1S/C12H18N2/c1-4-6-12(14-5-2)11-9-13-8-7-10(11)3/h4,7-9,12,14H,1,5-6H2,2-3H3. The Morgan fingerprint density at radius 2 is 2.43 bits per heavy atom. The molecule has 0 bridgehead atoms. The van der Waals surface area contributed by atoms with Crippen molar-refractivity contribution >= 4 is 0 Å². The summed E-state index contributed by atoms with van der Waals surface area (Å²) in [5, 5.41) is 3.43. The van der Waals surface area contributed by atoms with Crippen LogP contribution in [0.1, 0.15) is 30.5 Å². The summed E-state index contributed by atoms with van der Waals surface area (Å²) in [4.78, 5) is 4.16. The third-order valence-corrected chi connectivity index (χ3v) is 2.31. The molecule has 0 aliphatic carbocycles. The third kappa shape index (κ3) is 2.67. The third-order valence-electron chi connectivity index (χ3n) is 2.31. The molecular weight excluding hydrogens is 172 g/mol. The number of hydrogen-bond donors (Lipinski definition) is 1. The quantitative estimate of drug-likeness (QED) is 0.722. The summed E-state index contributed by atoms with van der Waals surface area (Å²) in [5.74, 6) is 0. The molecule has 1 atom stereocenters. The van der Waals surface area contributed by atoms with Crippen LogP contribution in [0.25, 0.3) is 0 Å². The van der Waals surface area contributed by atoms with E-state index in [1.54, 1.807) is 0 Å². The first-order valence-corrected chi connectivity index (χ1v) is 5.04. The summed E-state index contributed by atoms with van der Waals surface area (Å²) in [7, 11) is 0. The van der Waals surface area contributed by atoms with E-state index in [2.05, 4.69) is 30.7 Å². The van der Waals surface area contributed by atoms with E-state index in [0.29, 0.717) is 6.04 Å². The number of pyridine rings is 1. The van der Waals surface area contributed by atoms with Gasteiger partial charge in [-0.2, -0.15) is 0 Å². The van der Waals surface area contributed by atoms with Gasteiger partial charge in [-0.25, -0.2) is 0 Å². The molecule has 0 amide bonds. The van der Waals surface area contributed by atoms with E-state index < -0.39 is 0 Å². The zero-order valence-electron chi connectivity index (χ0n) is 8.96. The maximum atomic E-state index is 4.16. The van der Waals surface area contributed by atoms with Gasteiger partial charge in [0, 0.05) is 18.4 Å². The fraction of sp³-hybridized carbons (Fsp3) is 0.417. The molecule has 2 nitrogen and oxygen atoms in total. The van der Waals surface area contributed by atoms with Crippen molar-refractivity contribution in [2.75, 3.05) is 6.54 Å². The van der Waals surface area contributed by atoms with E-state index in [1.807, 2.05) is 24.5 Å². The van der Waals surface area contributed by atoms with E-state index >= 15 is 0 Å². The van der Waals surface area contributed by atoms with Gasteiger partial charge >= 0.3 is 0 Å². The van der Waals surface area contributed by atoms with Gasteiger partial charge < -0.3 is 5.32 Å². The van der Waals surface area contributed by atoms with Crippen LogP contribution in [0.5, 0.6) is 0 Å². The topological polar surface area (TPSA) is 24.9 Å². The van der Waals surface area contributed by atoms with Gasteiger partial charge in [0.2, 0.25) is 0 Å². The minimum absolute atomic E-state index is 0.353. The van der Waals surface area contributed by atoms with E-state index in [0.717, 1.165) is 13.0 Å². The molecule has 1 aromatic heterocycles. The van der Waals surface area contributed by atoms with Crippen LogP contribution in [0.15, 0.2) is 31.1 Å². The predicted octanol–water partition coefficient (Wildman–Crippen LogP) is 2.62. The highest BCUT2D eigenvalue weighted by Gasteiger charge is 2.10. The minimum atomic E-state index is 0.353. The van der Waals surface area contributed by atoms with Gasteiger partial charge in [0.1, 0.15) is 0 Å². The Hall–Kier alpha value is -1.15. The lowest BCUT2D eigenvalue weighted by Gasteiger charge is -2.17. The SMILES string of the molecule is C=CCC(NCC)c1cnccc1C. The molecule has 0 saturated carbocycles. The molecular formula is C12H18N2.